The Morgan fingerprint density at radius 1 is 0.688 bits per heavy atom. The maximum absolute atomic E-state index is 7.18. The van der Waals surface area contributed by atoms with E-state index in [-0.39, 0.29) is 17.9 Å². The molecule has 6 unspecified atom stereocenters. The summed E-state index contributed by atoms with van der Waals surface area (Å²) in [6.45, 7) is 2.35. The summed E-state index contributed by atoms with van der Waals surface area (Å²) in [6, 6.07) is 33.3. The molecule has 8 nitrogen and oxygen atoms in total. The van der Waals surface area contributed by atoms with Crippen molar-refractivity contribution in [3.8, 4) is 28.5 Å². The van der Waals surface area contributed by atoms with Gasteiger partial charge < -0.3 is 18.6 Å². The van der Waals surface area contributed by atoms with Crippen molar-refractivity contribution in [2.24, 2.45) is 22.7 Å². The Morgan fingerprint density at radius 3 is 2.30 bits per heavy atom. The smallest absolute Gasteiger partial charge is 0.164 e. The lowest BCUT2D eigenvalue weighted by Crippen LogP contribution is -2.45. The average molecular weight is 1010 g/mol. The van der Waals surface area contributed by atoms with Crippen molar-refractivity contribution in [1.29, 1.82) is 0 Å². The maximum Gasteiger partial charge on any atom is 0.164 e. The molecular weight excluding hydrogens is 945 g/mol. The van der Waals surface area contributed by atoms with E-state index in [1.165, 1.54) is 74.1 Å². The molecule has 0 saturated heterocycles. The molecule has 8 heteroatoms. The van der Waals surface area contributed by atoms with Gasteiger partial charge in [-0.05, 0) is 106 Å². The molecule has 4 aromatic carbocycles. The minimum Gasteiger partial charge on any atom is -0.483 e. The van der Waals surface area contributed by atoms with Crippen LogP contribution in [0.25, 0.3) is 74.1 Å². The largest absolute Gasteiger partial charge is 0.483 e. The number of hydrogen-bond acceptors (Lipinski definition) is 7. The second-order valence-corrected chi connectivity index (χ2v) is 23.1. The van der Waals surface area contributed by atoms with Gasteiger partial charge in [0.25, 0.3) is 0 Å². The van der Waals surface area contributed by atoms with E-state index in [2.05, 4.69) is 168 Å². The Hall–Kier alpha value is -7.84. The summed E-state index contributed by atoms with van der Waals surface area (Å²) < 4.78 is 16.9. The van der Waals surface area contributed by atoms with Crippen LogP contribution in [0.5, 0.6) is 5.75 Å². The van der Waals surface area contributed by atoms with Crippen molar-refractivity contribution < 1.29 is 9.15 Å². The molecule has 6 aliphatic carbocycles. The van der Waals surface area contributed by atoms with Crippen LogP contribution >= 0.6 is 0 Å². The molecule has 8 atom stereocenters. The molecule has 380 valence electrons. The van der Waals surface area contributed by atoms with Gasteiger partial charge in [-0.2, -0.15) is 0 Å². The van der Waals surface area contributed by atoms with Gasteiger partial charge in [-0.3, -0.25) is 4.99 Å². The van der Waals surface area contributed by atoms with Crippen LogP contribution in [0.2, 0.25) is 0 Å². The number of allylic oxidation sites excluding steroid dienone is 7. The number of rotatable bonds is 7. The lowest BCUT2D eigenvalue weighted by molar-refractivity contribution is 0.135. The van der Waals surface area contributed by atoms with Gasteiger partial charge in [0.1, 0.15) is 17.6 Å². The Labute approximate surface area is 449 Å². The highest BCUT2D eigenvalue weighted by molar-refractivity contribution is 6.07. The van der Waals surface area contributed by atoms with Crippen molar-refractivity contribution in [3.63, 3.8) is 0 Å². The van der Waals surface area contributed by atoms with Crippen molar-refractivity contribution in [2.45, 2.75) is 114 Å². The lowest BCUT2D eigenvalue weighted by atomic mass is 9.80. The molecule has 3 aromatic heterocycles. The molecule has 0 N–H and O–H groups in total. The predicted molar refractivity (Wildman–Crippen MR) is 310 cm³/mol. The third-order valence-corrected chi connectivity index (χ3v) is 18.6. The normalized spacial score (nSPS) is 26.7. The zero-order valence-corrected chi connectivity index (χ0v) is 43.7. The summed E-state index contributed by atoms with van der Waals surface area (Å²) in [5.41, 5.74) is 13.8. The fourth-order valence-corrected chi connectivity index (χ4v) is 14.8. The van der Waals surface area contributed by atoms with E-state index in [9.17, 15) is 0 Å². The number of fused-ring (bicyclic) bond motifs is 13. The molecule has 16 rings (SSSR count). The molecule has 0 fully saturated rings. The van der Waals surface area contributed by atoms with Crippen molar-refractivity contribution in [3.05, 3.63) is 195 Å². The van der Waals surface area contributed by atoms with Crippen LogP contribution in [0.3, 0.4) is 0 Å². The number of benzene rings is 4. The van der Waals surface area contributed by atoms with Gasteiger partial charge in [-0.25, -0.2) is 15.0 Å². The number of ether oxygens (including phenoxy) is 1. The van der Waals surface area contributed by atoms with E-state index < -0.39 is 0 Å². The summed E-state index contributed by atoms with van der Waals surface area (Å²) in [6.07, 6.45) is 41.6. The van der Waals surface area contributed by atoms with Gasteiger partial charge in [-0.15, -0.1) is 0 Å². The highest BCUT2D eigenvalue weighted by atomic mass is 16.5. The van der Waals surface area contributed by atoms with Crippen LogP contribution < -0.4 is 15.3 Å². The molecule has 9 aliphatic rings. The molecule has 7 aromatic rings. The number of furan rings is 1. The highest BCUT2D eigenvalue weighted by Gasteiger charge is 2.51. The predicted octanol–water partition coefficient (Wildman–Crippen LogP) is 14.2. The SMILES string of the molecule is C[C@@H]1C=CC(N2C3=C(C=CC4c5cc(C6=C(c7nc(-c8ccccc8)nc(-c8ccccc8)n7)C[C@H](C7=Cc8c(oc9c8ccc8c%10c(n(C%11C=CCCC%11)c89)=CCCC=%10)CC7)C=N6)ccc5OC34)C3CC=CCC32)CC1. The summed E-state index contributed by atoms with van der Waals surface area (Å²) in [4.78, 5) is 24.3. The van der Waals surface area contributed by atoms with Crippen molar-refractivity contribution >= 4 is 57.6 Å². The maximum atomic E-state index is 7.18. The molecule has 6 heterocycles. The first-order valence-electron chi connectivity index (χ1n) is 28.7. The quantitative estimate of drug-likeness (QED) is 0.148. The third kappa shape index (κ3) is 7.37. The van der Waals surface area contributed by atoms with Gasteiger partial charge in [0.2, 0.25) is 0 Å². The van der Waals surface area contributed by atoms with Crippen LogP contribution in [-0.4, -0.2) is 48.8 Å². The first-order chi connectivity index (χ1) is 38.1. The molecular formula is C69H62N6O2. The summed E-state index contributed by atoms with van der Waals surface area (Å²) in [5.74, 6) is 5.24. The number of aromatic nitrogens is 4. The second kappa shape index (κ2) is 18.1. The second-order valence-electron chi connectivity index (χ2n) is 23.1. The Morgan fingerprint density at radius 2 is 1.49 bits per heavy atom. The van der Waals surface area contributed by atoms with Gasteiger partial charge in [0.05, 0.1) is 23.0 Å². The highest BCUT2D eigenvalue weighted by Crippen LogP contribution is 2.54. The van der Waals surface area contributed by atoms with Crippen LogP contribution in [0.4, 0.5) is 0 Å². The summed E-state index contributed by atoms with van der Waals surface area (Å²) >= 11 is 0. The molecule has 0 radical (unpaired) electrons. The van der Waals surface area contributed by atoms with Crippen LogP contribution in [0.15, 0.2) is 166 Å². The van der Waals surface area contributed by atoms with E-state index in [1.54, 1.807) is 0 Å². The van der Waals surface area contributed by atoms with Crippen molar-refractivity contribution in [2.75, 3.05) is 0 Å². The van der Waals surface area contributed by atoms with Gasteiger partial charge >= 0.3 is 0 Å². The average Bonchev–Trinajstić information content (AvgIpc) is 4.33. The minimum absolute atomic E-state index is 0.0254. The monoisotopic (exact) mass is 1010 g/mol. The van der Waals surface area contributed by atoms with Crippen LogP contribution in [0, 0.1) is 17.8 Å². The molecule has 0 spiro atoms. The molecule has 0 amide bonds. The van der Waals surface area contributed by atoms with E-state index in [1.807, 2.05) is 12.1 Å². The van der Waals surface area contributed by atoms with Gasteiger partial charge in [-0.1, -0.05) is 146 Å². The summed E-state index contributed by atoms with van der Waals surface area (Å²) in [5, 5.41) is 5.22. The topological polar surface area (TPSA) is 81.6 Å². The Bertz CT molecular complexity index is 3930. The van der Waals surface area contributed by atoms with E-state index in [0.717, 1.165) is 96.4 Å². The number of aryl methyl sites for hydroxylation is 1. The zero-order valence-electron chi connectivity index (χ0n) is 43.7. The molecule has 3 aliphatic heterocycles. The zero-order chi connectivity index (χ0) is 50.7. The standard InChI is InChI=1S/C69H62N6O2/c1-41-25-29-48(30-26-41)75-59-24-14-12-22-50(59)52-32-34-54-56-38-45(28-36-61(56)77-66(54)64(52)75)62-57(69-72-67(42-15-5-2-6-16-42)71-68(73-69)43-17-7-3-8-18-43)39-46(40-70-62)44-27-35-60-55(37-44)53-33-31-51-49-21-11-13-23-58(49)74(63(51)65(53)76-60)47-19-9-4-10-20-47/h2-3,5-9,12,14-19,21,23,25,28-29,31-34,36-38,40-41,46-48,50,54,59,66H,4,10-11,13,20,22,24,26-27,30,35,39H2,1H3/t41-,46+,47?,48?,50?,54?,59?,66?/m1/s1. The van der Waals surface area contributed by atoms with E-state index >= 15 is 0 Å². The van der Waals surface area contributed by atoms with Crippen LogP contribution in [-0.2, 0) is 6.42 Å². The lowest BCUT2D eigenvalue weighted by Gasteiger charge is -2.41. The number of nitrogens with zero attached hydrogens (tertiary/aromatic N) is 6. The first kappa shape index (κ1) is 45.4. The Balaban J connectivity index is 0.809. The van der Waals surface area contributed by atoms with Gasteiger partial charge in [0.15, 0.2) is 23.1 Å². The van der Waals surface area contributed by atoms with Crippen molar-refractivity contribution in [1.82, 2.24) is 24.4 Å². The fraction of sp³-hybridized carbons (Fsp3) is 0.304. The van der Waals surface area contributed by atoms with E-state index in [4.69, 9.17) is 29.1 Å². The number of aliphatic imine (C=N–C) groups is 1. The minimum atomic E-state index is -0.0645. The molecule has 0 saturated carbocycles. The number of hydrogen-bond donors (Lipinski definition) is 0. The first-order valence-corrected chi connectivity index (χ1v) is 28.7. The Kier molecular flexibility index (Phi) is 10.7. The summed E-state index contributed by atoms with van der Waals surface area (Å²) in [7, 11) is 0. The third-order valence-electron chi connectivity index (χ3n) is 18.6. The van der Waals surface area contributed by atoms with E-state index in [0.29, 0.717) is 53.9 Å². The molecule has 0 bridgehead atoms. The van der Waals surface area contributed by atoms with Gasteiger partial charge in [0, 0.05) is 97.2 Å². The fourth-order valence-electron chi connectivity index (χ4n) is 14.8. The molecule has 77 heavy (non-hydrogen) atoms. The van der Waals surface area contributed by atoms with Crippen LogP contribution in [0.1, 0.15) is 118 Å².